The van der Waals surface area contributed by atoms with Gasteiger partial charge in [0.05, 0.1) is 18.8 Å². The van der Waals surface area contributed by atoms with E-state index in [2.05, 4.69) is 10.3 Å². The van der Waals surface area contributed by atoms with Crippen molar-refractivity contribution < 1.29 is 19.4 Å². The molecule has 1 aliphatic rings. The molecule has 1 aromatic heterocycles. The van der Waals surface area contributed by atoms with Gasteiger partial charge >= 0.3 is 5.97 Å². The molecule has 1 atom stereocenters. The van der Waals surface area contributed by atoms with Crippen molar-refractivity contribution in [2.75, 3.05) is 13.2 Å². The van der Waals surface area contributed by atoms with E-state index >= 15 is 0 Å². The van der Waals surface area contributed by atoms with Gasteiger partial charge in [-0.3, -0.25) is 0 Å². The lowest BCUT2D eigenvalue weighted by Gasteiger charge is -2.22. The quantitative estimate of drug-likeness (QED) is 0.746. The van der Waals surface area contributed by atoms with Gasteiger partial charge in [-0.05, 0) is 19.3 Å². The third-order valence-electron chi connectivity index (χ3n) is 2.98. The molecule has 19 heavy (non-hydrogen) atoms. The zero-order chi connectivity index (χ0) is 13.7. The van der Waals surface area contributed by atoms with Crippen LogP contribution in [0.15, 0.2) is 0 Å². The molecule has 0 saturated carbocycles. The molecule has 1 fully saturated rings. The van der Waals surface area contributed by atoms with Crippen LogP contribution in [0.4, 0.5) is 0 Å². The van der Waals surface area contributed by atoms with Gasteiger partial charge in [0.2, 0.25) is 0 Å². The maximum Gasteiger partial charge on any atom is 0.358 e. The van der Waals surface area contributed by atoms with Crippen LogP contribution in [-0.4, -0.2) is 45.6 Å². The first kappa shape index (κ1) is 13.9. The average Bonchev–Trinajstić information content (AvgIpc) is 2.83. The summed E-state index contributed by atoms with van der Waals surface area (Å²) in [7, 11) is 0. The fourth-order valence-electron chi connectivity index (χ4n) is 1.99. The van der Waals surface area contributed by atoms with Gasteiger partial charge in [-0.2, -0.15) is 0 Å². The van der Waals surface area contributed by atoms with E-state index in [1.807, 2.05) is 0 Å². The van der Waals surface area contributed by atoms with Crippen LogP contribution in [-0.2, 0) is 22.6 Å². The number of aromatic nitrogens is 3. The van der Waals surface area contributed by atoms with E-state index < -0.39 is 5.97 Å². The van der Waals surface area contributed by atoms with E-state index in [4.69, 9.17) is 20.3 Å². The molecule has 0 aliphatic carbocycles. The Morgan fingerprint density at radius 1 is 1.58 bits per heavy atom. The van der Waals surface area contributed by atoms with Gasteiger partial charge in [0.15, 0.2) is 12.0 Å². The lowest BCUT2D eigenvalue weighted by molar-refractivity contribution is -0.163. The number of nitrogens with zero attached hydrogens (tertiary/aromatic N) is 3. The second-order valence-corrected chi connectivity index (χ2v) is 4.28. The van der Waals surface area contributed by atoms with Crippen molar-refractivity contribution in [3.05, 3.63) is 11.4 Å². The van der Waals surface area contributed by atoms with Crippen LogP contribution in [0.2, 0.25) is 0 Å². The smallest absolute Gasteiger partial charge is 0.358 e. The molecule has 106 valence electrons. The van der Waals surface area contributed by atoms with E-state index in [9.17, 15) is 4.79 Å². The highest BCUT2D eigenvalue weighted by Crippen LogP contribution is 2.13. The highest BCUT2D eigenvalue weighted by atomic mass is 16.7. The summed E-state index contributed by atoms with van der Waals surface area (Å²) in [5.41, 5.74) is 5.82. The summed E-state index contributed by atoms with van der Waals surface area (Å²) in [6.07, 6.45) is 2.90. The minimum absolute atomic E-state index is 0.0779. The number of hydrogen-bond acceptors (Lipinski definition) is 6. The van der Waals surface area contributed by atoms with Crippen LogP contribution in [0.25, 0.3) is 0 Å². The zero-order valence-corrected chi connectivity index (χ0v) is 10.6. The number of aromatic carboxylic acids is 1. The van der Waals surface area contributed by atoms with Gasteiger partial charge in [-0.1, -0.05) is 5.21 Å². The third-order valence-corrected chi connectivity index (χ3v) is 2.98. The normalized spacial score (nSPS) is 19.5. The van der Waals surface area contributed by atoms with Crippen molar-refractivity contribution in [3.8, 4) is 0 Å². The summed E-state index contributed by atoms with van der Waals surface area (Å²) >= 11 is 0. The monoisotopic (exact) mass is 270 g/mol. The molecule has 1 unspecified atom stereocenters. The van der Waals surface area contributed by atoms with Gasteiger partial charge in [0.25, 0.3) is 0 Å². The fourth-order valence-corrected chi connectivity index (χ4v) is 1.99. The number of hydrogen-bond donors (Lipinski definition) is 2. The summed E-state index contributed by atoms with van der Waals surface area (Å²) in [6, 6.07) is 0. The maximum atomic E-state index is 10.9. The summed E-state index contributed by atoms with van der Waals surface area (Å²) in [5, 5.41) is 16.3. The average molecular weight is 270 g/mol. The Kier molecular flexibility index (Phi) is 4.83. The van der Waals surface area contributed by atoms with Crippen molar-refractivity contribution in [1.82, 2.24) is 15.0 Å². The van der Waals surface area contributed by atoms with Gasteiger partial charge in [0, 0.05) is 13.2 Å². The fraction of sp³-hybridized carbons (Fsp3) is 0.727. The van der Waals surface area contributed by atoms with Crippen LogP contribution in [0.3, 0.4) is 0 Å². The van der Waals surface area contributed by atoms with E-state index in [1.165, 1.54) is 4.68 Å². The van der Waals surface area contributed by atoms with Crippen LogP contribution in [0.1, 0.15) is 35.4 Å². The van der Waals surface area contributed by atoms with Gasteiger partial charge < -0.3 is 20.3 Å². The molecule has 8 nitrogen and oxygen atoms in total. The van der Waals surface area contributed by atoms with Gasteiger partial charge in [-0.15, -0.1) is 5.10 Å². The van der Waals surface area contributed by atoms with Gasteiger partial charge in [0.1, 0.15) is 0 Å². The Bertz CT molecular complexity index is 428. The lowest BCUT2D eigenvalue weighted by Crippen LogP contribution is -2.24. The Hall–Kier alpha value is -1.51. The summed E-state index contributed by atoms with van der Waals surface area (Å²) < 4.78 is 12.5. The highest BCUT2D eigenvalue weighted by molar-refractivity contribution is 5.86. The second-order valence-electron chi connectivity index (χ2n) is 4.28. The first-order chi connectivity index (χ1) is 9.22. The molecule has 2 heterocycles. The summed E-state index contributed by atoms with van der Waals surface area (Å²) in [6.45, 7) is 1.60. The first-order valence-corrected chi connectivity index (χ1v) is 6.31. The number of carboxylic acids is 1. The van der Waals surface area contributed by atoms with Crippen molar-refractivity contribution in [1.29, 1.82) is 0 Å². The van der Waals surface area contributed by atoms with E-state index in [-0.39, 0.29) is 18.5 Å². The summed E-state index contributed by atoms with van der Waals surface area (Å²) in [5.74, 6) is -1.12. The molecule has 0 aromatic carbocycles. The largest absolute Gasteiger partial charge is 0.476 e. The Labute approximate surface area is 110 Å². The molecule has 0 radical (unpaired) electrons. The number of nitrogens with two attached hydrogens (primary N) is 1. The molecule has 1 aliphatic heterocycles. The Morgan fingerprint density at radius 2 is 2.42 bits per heavy atom. The molecule has 1 saturated heterocycles. The van der Waals surface area contributed by atoms with Crippen molar-refractivity contribution in [2.45, 2.75) is 38.6 Å². The first-order valence-electron chi connectivity index (χ1n) is 6.31. The minimum Gasteiger partial charge on any atom is -0.476 e. The molecule has 3 N–H and O–H groups in total. The van der Waals surface area contributed by atoms with Crippen LogP contribution in [0, 0.1) is 0 Å². The standard InChI is InChI=1S/C11H18N4O4/c12-7-8-10(11(16)17)13-14-15(8)4-6-19-9-3-1-2-5-18-9/h9H,1-7,12H2,(H,16,17). The van der Waals surface area contributed by atoms with E-state index in [1.54, 1.807) is 0 Å². The Morgan fingerprint density at radius 3 is 3.05 bits per heavy atom. The minimum atomic E-state index is -1.12. The van der Waals surface area contributed by atoms with Crippen LogP contribution in [0.5, 0.6) is 0 Å². The lowest BCUT2D eigenvalue weighted by atomic mass is 10.2. The second kappa shape index (κ2) is 6.60. The predicted molar refractivity (Wildman–Crippen MR) is 64.4 cm³/mol. The molecule has 2 rings (SSSR count). The predicted octanol–water partition coefficient (Wildman–Crippen LogP) is -0.0218. The maximum absolute atomic E-state index is 10.9. The number of carbonyl (C=O) groups is 1. The van der Waals surface area contributed by atoms with Crippen LogP contribution >= 0.6 is 0 Å². The van der Waals surface area contributed by atoms with Crippen molar-refractivity contribution in [3.63, 3.8) is 0 Å². The molecule has 8 heteroatoms. The highest BCUT2D eigenvalue weighted by Gasteiger charge is 2.18. The van der Waals surface area contributed by atoms with Gasteiger partial charge in [-0.25, -0.2) is 9.48 Å². The number of carboxylic acid groups (broad SMARTS) is 1. The van der Waals surface area contributed by atoms with Crippen LogP contribution < -0.4 is 5.73 Å². The molecule has 0 spiro atoms. The topological polar surface area (TPSA) is 112 Å². The number of ether oxygens (including phenoxy) is 2. The molecular weight excluding hydrogens is 252 g/mol. The zero-order valence-electron chi connectivity index (χ0n) is 10.6. The van der Waals surface area contributed by atoms with E-state index in [0.717, 1.165) is 25.9 Å². The summed E-state index contributed by atoms with van der Waals surface area (Å²) in [4.78, 5) is 10.9. The van der Waals surface area contributed by atoms with Crippen molar-refractivity contribution >= 4 is 5.97 Å². The molecular formula is C11H18N4O4. The van der Waals surface area contributed by atoms with Crippen molar-refractivity contribution in [2.24, 2.45) is 5.73 Å². The van der Waals surface area contributed by atoms with E-state index in [0.29, 0.717) is 18.8 Å². The molecule has 0 bridgehead atoms. The number of rotatable bonds is 6. The SMILES string of the molecule is NCc1c(C(=O)O)nnn1CCOC1CCCCO1. The molecule has 1 aromatic rings. The Balaban J connectivity index is 1.86. The molecule has 0 amide bonds. The third kappa shape index (κ3) is 3.49.